The highest BCUT2D eigenvalue weighted by Gasteiger charge is 2.29. The SMILES string of the molecule is Cc1ccc(S(=O)(=O)N2CCOc3ccc(COCc4ccccc4)cc3C2)c(C)c1. The third kappa shape index (κ3) is 4.98. The van der Waals surface area contributed by atoms with Crippen LogP contribution in [-0.2, 0) is 34.5 Å². The topological polar surface area (TPSA) is 55.8 Å². The molecular formula is C25H27NO4S. The van der Waals surface area contributed by atoms with Crippen LogP contribution in [0.5, 0.6) is 5.75 Å². The van der Waals surface area contributed by atoms with E-state index in [-0.39, 0.29) is 6.54 Å². The van der Waals surface area contributed by atoms with E-state index in [0.29, 0.717) is 31.3 Å². The monoisotopic (exact) mass is 437 g/mol. The van der Waals surface area contributed by atoms with E-state index in [2.05, 4.69) is 0 Å². The van der Waals surface area contributed by atoms with E-state index < -0.39 is 10.0 Å². The summed E-state index contributed by atoms with van der Waals surface area (Å²) in [6.07, 6.45) is 0. The molecule has 0 amide bonds. The first-order valence-corrected chi connectivity index (χ1v) is 11.8. The van der Waals surface area contributed by atoms with Crippen LogP contribution in [0.25, 0.3) is 0 Å². The lowest BCUT2D eigenvalue weighted by Gasteiger charge is -2.21. The molecule has 4 rings (SSSR count). The lowest BCUT2D eigenvalue weighted by atomic mass is 10.1. The number of aryl methyl sites for hydroxylation is 2. The molecule has 3 aromatic carbocycles. The predicted molar refractivity (Wildman–Crippen MR) is 120 cm³/mol. The lowest BCUT2D eigenvalue weighted by molar-refractivity contribution is 0.107. The Bertz CT molecular complexity index is 1160. The van der Waals surface area contributed by atoms with Crippen LogP contribution in [0.4, 0.5) is 0 Å². The summed E-state index contributed by atoms with van der Waals surface area (Å²) in [4.78, 5) is 0.351. The quantitative estimate of drug-likeness (QED) is 0.565. The third-order valence-corrected chi connectivity index (χ3v) is 7.40. The Morgan fingerprint density at radius 2 is 1.71 bits per heavy atom. The molecule has 3 aromatic rings. The van der Waals surface area contributed by atoms with Gasteiger partial charge in [0.15, 0.2) is 0 Å². The van der Waals surface area contributed by atoms with Crippen molar-refractivity contribution in [2.75, 3.05) is 13.2 Å². The molecule has 1 aliphatic heterocycles. The lowest BCUT2D eigenvalue weighted by Crippen LogP contribution is -2.33. The zero-order valence-electron chi connectivity index (χ0n) is 17.9. The second-order valence-corrected chi connectivity index (χ2v) is 9.78. The van der Waals surface area contributed by atoms with Crippen LogP contribution in [0.3, 0.4) is 0 Å². The van der Waals surface area contributed by atoms with E-state index in [9.17, 15) is 8.42 Å². The summed E-state index contributed by atoms with van der Waals surface area (Å²) in [6, 6.07) is 21.3. The second kappa shape index (κ2) is 9.22. The minimum absolute atomic E-state index is 0.275. The average Bonchev–Trinajstić information content (AvgIpc) is 2.97. The van der Waals surface area contributed by atoms with Gasteiger partial charge in [-0.25, -0.2) is 8.42 Å². The summed E-state index contributed by atoms with van der Waals surface area (Å²) in [5.41, 5.74) is 4.76. The van der Waals surface area contributed by atoms with Crippen molar-refractivity contribution in [3.8, 4) is 5.75 Å². The van der Waals surface area contributed by atoms with Gasteiger partial charge >= 0.3 is 0 Å². The summed E-state index contributed by atoms with van der Waals surface area (Å²) < 4.78 is 39.9. The number of sulfonamides is 1. The van der Waals surface area contributed by atoms with E-state index in [0.717, 1.165) is 33.6 Å². The van der Waals surface area contributed by atoms with Crippen LogP contribution in [0.15, 0.2) is 71.6 Å². The van der Waals surface area contributed by atoms with Crippen molar-refractivity contribution in [1.29, 1.82) is 0 Å². The highest BCUT2D eigenvalue weighted by atomic mass is 32.2. The molecule has 1 heterocycles. The van der Waals surface area contributed by atoms with E-state index in [1.807, 2.05) is 74.5 Å². The van der Waals surface area contributed by atoms with Gasteiger partial charge < -0.3 is 9.47 Å². The van der Waals surface area contributed by atoms with Crippen LogP contribution in [0.1, 0.15) is 27.8 Å². The fraction of sp³-hybridized carbons (Fsp3) is 0.280. The van der Waals surface area contributed by atoms with Crippen LogP contribution in [-0.4, -0.2) is 25.9 Å². The molecule has 0 unspecified atom stereocenters. The standard InChI is InChI=1S/C25H27NO4S/c1-19-8-11-25(20(2)14-19)31(27,28)26-12-13-30-24-10-9-22(15-23(24)16-26)18-29-17-21-6-4-3-5-7-21/h3-11,14-15H,12-13,16-18H2,1-2H3. The van der Waals surface area contributed by atoms with Crippen LogP contribution >= 0.6 is 0 Å². The van der Waals surface area contributed by atoms with Crippen molar-refractivity contribution in [2.45, 2.75) is 38.5 Å². The van der Waals surface area contributed by atoms with Gasteiger partial charge in [-0.05, 0) is 48.7 Å². The highest BCUT2D eigenvalue weighted by molar-refractivity contribution is 7.89. The highest BCUT2D eigenvalue weighted by Crippen LogP contribution is 2.29. The molecule has 0 spiro atoms. The molecule has 0 fully saturated rings. The van der Waals surface area contributed by atoms with Gasteiger partial charge in [-0.2, -0.15) is 4.31 Å². The maximum Gasteiger partial charge on any atom is 0.243 e. The average molecular weight is 438 g/mol. The number of rotatable bonds is 6. The molecule has 0 radical (unpaired) electrons. The van der Waals surface area contributed by atoms with E-state index in [1.54, 1.807) is 6.07 Å². The van der Waals surface area contributed by atoms with Gasteiger partial charge in [-0.1, -0.05) is 54.1 Å². The minimum Gasteiger partial charge on any atom is -0.492 e. The molecule has 0 N–H and O–H groups in total. The normalized spacial score (nSPS) is 14.5. The van der Waals surface area contributed by atoms with Crippen molar-refractivity contribution >= 4 is 10.0 Å². The molecule has 0 saturated carbocycles. The molecule has 0 saturated heterocycles. The number of fused-ring (bicyclic) bond motifs is 1. The summed E-state index contributed by atoms with van der Waals surface area (Å²) >= 11 is 0. The Labute approximate surface area is 184 Å². The van der Waals surface area contributed by atoms with Crippen molar-refractivity contribution in [1.82, 2.24) is 4.31 Å². The fourth-order valence-corrected chi connectivity index (χ4v) is 5.42. The maximum atomic E-state index is 13.3. The molecule has 0 aliphatic carbocycles. The number of hydrogen-bond acceptors (Lipinski definition) is 4. The molecule has 0 atom stereocenters. The molecule has 6 heteroatoms. The van der Waals surface area contributed by atoms with Gasteiger partial charge in [0.2, 0.25) is 10.0 Å². The summed E-state index contributed by atoms with van der Waals surface area (Å²) in [6.45, 7) is 5.68. The Morgan fingerprint density at radius 1 is 0.935 bits per heavy atom. The van der Waals surface area contributed by atoms with Gasteiger partial charge in [0.05, 0.1) is 18.1 Å². The van der Waals surface area contributed by atoms with Gasteiger partial charge in [-0.15, -0.1) is 0 Å². The number of benzene rings is 3. The van der Waals surface area contributed by atoms with Crippen LogP contribution in [0.2, 0.25) is 0 Å². The van der Waals surface area contributed by atoms with Crippen molar-refractivity contribution < 1.29 is 17.9 Å². The summed E-state index contributed by atoms with van der Waals surface area (Å²) in [5, 5.41) is 0. The summed E-state index contributed by atoms with van der Waals surface area (Å²) in [5.74, 6) is 0.727. The Kier molecular flexibility index (Phi) is 6.41. The first kappa shape index (κ1) is 21.6. The maximum absolute atomic E-state index is 13.3. The van der Waals surface area contributed by atoms with E-state index >= 15 is 0 Å². The zero-order chi connectivity index (χ0) is 21.8. The molecule has 31 heavy (non-hydrogen) atoms. The largest absolute Gasteiger partial charge is 0.492 e. The number of nitrogens with zero attached hydrogens (tertiary/aromatic N) is 1. The first-order valence-electron chi connectivity index (χ1n) is 10.4. The Morgan fingerprint density at radius 3 is 2.48 bits per heavy atom. The number of hydrogen-bond donors (Lipinski definition) is 0. The van der Waals surface area contributed by atoms with E-state index in [4.69, 9.17) is 9.47 Å². The van der Waals surface area contributed by atoms with E-state index in [1.165, 1.54) is 4.31 Å². The molecule has 5 nitrogen and oxygen atoms in total. The van der Waals surface area contributed by atoms with Crippen molar-refractivity contribution in [3.63, 3.8) is 0 Å². The molecule has 0 bridgehead atoms. The Balaban J connectivity index is 1.51. The zero-order valence-corrected chi connectivity index (χ0v) is 18.7. The fourth-order valence-electron chi connectivity index (χ4n) is 3.81. The van der Waals surface area contributed by atoms with Gasteiger partial charge in [0.25, 0.3) is 0 Å². The first-order chi connectivity index (χ1) is 14.9. The second-order valence-electron chi connectivity index (χ2n) is 7.88. The smallest absolute Gasteiger partial charge is 0.243 e. The molecule has 0 aromatic heterocycles. The molecular weight excluding hydrogens is 410 g/mol. The van der Waals surface area contributed by atoms with Gasteiger partial charge in [-0.3, -0.25) is 0 Å². The molecule has 1 aliphatic rings. The number of ether oxygens (including phenoxy) is 2. The summed E-state index contributed by atoms with van der Waals surface area (Å²) in [7, 11) is -3.62. The van der Waals surface area contributed by atoms with Gasteiger partial charge in [0, 0.05) is 18.7 Å². The minimum atomic E-state index is -3.62. The Hall–Kier alpha value is -2.67. The van der Waals surface area contributed by atoms with Crippen LogP contribution in [0, 0.1) is 13.8 Å². The van der Waals surface area contributed by atoms with Crippen molar-refractivity contribution in [2.24, 2.45) is 0 Å². The van der Waals surface area contributed by atoms with Gasteiger partial charge in [0.1, 0.15) is 12.4 Å². The third-order valence-electron chi connectivity index (χ3n) is 5.40. The predicted octanol–water partition coefficient (Wildman–Crippen LogP) is 4.60. The van der Waals surface area contributed by atoms with Crippen LogP contribution < -0.4 is 4.74 Å². The van der Waals surface area contributed by atoms with Crippen molar-refractivity contribution in [3.05, 3.63) is 94.5 Å². The molecule has 162 valence electrons.